The molecule has 0 aliphatic rings. The number of carbonyl (C=O) groups excluding carboxylic acids is 1. The van der Waals surface area contributed by atoms with Crippen molar-refractivity contribution in [3.8, 4) is 0 Å². The summed E-state index contributed by atoms with van der Waals surface area (Å²) in [7, 11) is 0. The van der Waals surface area contributed by atoms with Crippen LogP contribution in [0.2, 0.25) is 0 Å². The molecule has 2 aromatic carbocycles. The Kier molecular flexibility index (Phi) is 3.16. The van der Waals surface area contributed by atoms with Gasteiger partial charge in [0.2, 0.25) is 0 Å². The Morgan fingerprint density at radius 2 is 2.00 bits per heavy atom. The topological polar surface area (TPSA) is 55.1 Å². The van der Waals surface area contributed by atoms with Crippen molar-refractivity contribution in [1.29, 1.82) is 0 Å². The molecule has 100 valence electrons. The van der Waals surface area contributed by atoms with Crippen molar-refractivity contribution in [3.63, 3.8) is 0 Å². The van der Waals surface area contributed by atoms with Gasteiger partial charge in [-0.2, -0.15) is 0 Å². The Bertz CT molecular complexity index is 753. The highest BCUT2D eigenvalue weighted by atomic mass is 19.1. The number of fused-ring (bicyclic) bond motifs is 1. The molecule has 3 rings (SSSR count). The lowest BCUT2D eigenvalue weighted by Gasteiger charge is -2.02. The standard InChI is InChI=1S/C15H11FN2O2/c16-11-6-7-12-13(8-11)20-18-14(12)15(19)17-9-10-4-2-1-3-5-10/h1-8H,9H2,(H,17,19). The monoisotopic (exact) mass is 270 g/mol. The number of halogens is 1. The summed E-state index contributed by atoms with van der Waals surface area (Å²) < 4.78 is 18.0. The molecule has 0 bridgehead atoms. The molecule has 5 heteroatoms. The van der Waals surface area contributed by atoms with Gasteiger partial charge in [0.1, 0.15) is 5.82 Å². The number of amides is 1. The number of hydrogen-bond acceptors (Lipinski definition) is 3. The Morgan fingerprint density at radius 1 is 1.20 bits per heavy atom. The predicted octanol–water partition coefficient (Wildman–Crippen LogP) is 2.90. The average Bonchev–Trinajstić information content (AvgIpc) is 2.89. The van der Waals surface area contributed by atoms with Gasteiger partial charge in [0.05, 0.1) is 5.39 Å². The van der Waals surface area contributed by atoms with Gasteiger partial charge < -0.3 is 9.84 Å². The number of nitrogens with one attached hydrogen (secondary N) is 1. The molecule has 1 N–H and O–H groups in total. The van der Waals surface area contributed by atoms with Gasteiger partial charge in [-0.05, 0) is 17.7 Å². The zero-order valence-corrected chi connectivity index (χ0v) is 10.5. The van der Waals surface area contributed by atoms with E-state index in [1.807, 2.05) is 30.3 Å². The minimum atomic E-state index is -0.426. The molecule has 1 aromatic heterocycles. The fourth-order valence-corrected chi connectivity index (χ4v) is 1.94. The molecule has 0 unspecified atom stereocenters. The highest BCUT2D eigenvalue weighted by Gasteiger charge is 2.16. The first-order chi connectivity index (χ1) is 9.74. The number of benzene rings is 2. The van der Waals surface area contributed by atoms with Gasteiger partial charge in [-0.15, -0.1) is 0 Å². The molecule has 1 amide bonds. The van der Waals surface area contributed by atoms with Gasteiger partial charge in [-0.3, -0.25) is 4.79 Å². The first-order valence-electron chi connectivity index (χ1n) is 6.11. The van der Waals surface area contributed by atoms with E-state index in [4.69, 9.17) is 4.52 Å². The van der Waals surface area contributed by atoms with Crippen LogP contribution in [0, 0.1) is 5.82 Å². The lowest BCUT2D eigenvalue weighted by atomic mass is 10.2. The van der Waals surface area contributed by atoms with Crippen molar-refractivity contribution in [3.05, 3.63) is 65.6 Å². The maximum atomic E-state index is 13.0. The molecule has 0 saturated carbocycles. The largest absolute Gasteiger partial charge is 0.355 e. The molecule has 0 radical (unpaired) electrons. The fourth-order valence-electron chi connectivity index (χ4n) is 1.94. The highest BCUT2D eigenvalue weighted by Crippen LogP contribution is 2.19. The Hall–Kier alpha value is -2.69. The zero-order valence-electron chi connectivity index (χ0n) is 10.5. The summed E-state index contributed by atoms with van der Waals surface area (Å²) in [4.78, 5) is 12.1. The number of rotatable bonds is 3. The van der Waals surface area contributed by atoms with E-state index < -0.39 is 5.82 Å². The van der Waals surface area contributed by atoms with E-state index in [1.54, 1.807) is 0 Å². The third-order valence-electron chi connectivity index (χ3n) is 2.95. The Labute approximate surface area is 114 Å². The first-order valence-corrected chi connectivity index (χ1v) is 6.11. The van der Waals surface area contributed by atoms with E-state index in [2.05, 4.69) is 10.5 Å². The minimum absolute atomic E-state index is 0.163. The van der Waals surface area contributed by atoms with E-state index in [0.29, 0.717) is 11.9 Å². The van der Waals surface area contributed by atoms with Crippen molar-refractivity contribution >= 4 is 16.9 Å². The maximum absolute atomic E-state index is 13.0. The molecule has 3 aromatic rings. The van der Waals surface area contributed by atoms with Gasteiger partial charge in [0.15, 0.2) is 11.3 Å². The van der Waals surface area contributed by atoms with Crippen molar-refractivity contribution < 1.29 is 13.7 Å². The van der Waals surface area contributed by atoms with Crippen LogP contribution < -0.4 is 5.32 Å². The summed E-state index contributed by atoms with van der Waals surface area (Å²) in [5.41, 5.74) is 1.41. The molecule has 0 aliphatic carbocycles. The summed E-state index contributed by atoms with van der Waals surface area (Å²) in [6.45, 7) is 0.398. The van der Waals surface area contributed by atoms with Crippen molar-refractivity contribution in [1.82, 2.24) is 10.5 Å². The highest BCUT2D eigenvalue weighted by molar-refractivity contribution is 6.03. The number of nitrogens with zero attached hydrogens (tertiary/aromatic N) is 1. The van der Waals surface area contributed by atoms with Crippen LogP contribution in [0.4, 0.5) is 4.39 Å². The van der Waals surface area contributed by atoms with Gasteiger partial charge in [-0.1, -0.05) is 35.5 Å². The number of hydrogen-bond donors (Lipinski definition) is 1. The molecule has 1 heterocycles. The second-order valence-electron chi connectivity index (χ2n) is 4.34. The SMILES string of the molecule is O=C(NCc1ccccc1)c1noc2cc(F)ccc12. The minimum Gasteiger partial charge on any atom is -0.355 e. The van der Waals surface area contributed by atoms with Gasteiger partial charge >= 0.3 is 0 Å². The zero-order chi connectivity index (χ0) is 13.9. The summed E-state index contributed by atoms with van der Waals surface area (Å²) in [6, 6.07) is 13.5. The van der Waals surface area contributed by atoms with Crippen LogP contribution in [0.5, 0.6) is 0 Å². The van der Waals surface area contributed by atoms with Crippen molar-refractivity contribution in [2.45, 2.75) is 6.54 Å². The first kappa shape index (κ1) is 12.3. The molecule has 0 atom stereocenters. The summed E-state index contributed by atoms with van der Waals surface area (Å²) >= 11 is 0. The van der Waals surface area contributed by atoms with Crippen LogP contribution in [0.3, 0.4) is 0 Å². The lowest BCUT2D eigenvalue weighted by molar-refractivity contribution is 0.0943. The van der Waals surface area contributed by atoms with E-state index >= 15 is 0 Å². The molecule has 0 fully saturated rings. The number of aromatic nitrogens is 1. The van der Waals surface area contributed by atoms with Crippen LogP contribution in [-0.2, 0) is 6.54 Å². The van der Waals surface area contributed by atoms with E-state index in [0.717, 1.165) is 5.56 Å². The van der Waals surface area contributed by atoms with Gasteiger partial charge in [0, 0.05) is 12.6 Å². The molecule has 20 heavy (non-hydrogen) atoms. The number of carbonyl (C=O) groups is 1. The molecular weight excluding hydrogens is 259 g/mol. The van der Waals surface area contributed by atoms with E-state index in [1.165, 1.54) is 18.2 Å². The third kappa shape index (κ3) is 2.38. The van der Waals surface area contributed by atoms with E-state index in [-0.39, 0.29) is 17.2 Å². The average molecular weight is 270 g/mol. The molecule has 0 aliphatic heterocycles. The molecule has 4 nitrogen and oxygen atoms in total. The second kappa shape index (κ2) is 5.13. The van der Waals surface area contributed by atoms with Crippen molar-refractivity contribution in [2.24, 2.45) is 0 Å². The molecule has 0 saturated heterocycles. The maximum Gasteiger partial charge on any atom is 0.274 e. The predicted molar refractivity (Wildman–Crippen MR) is 71.6 cm³/mol. The fraction of sp³-hybridized carbons (Fsp3) is 0.0667. The molecular formula is C15H11FN2O2. The summed E-state index contributed by atoms with van der Waals surface area (Å²) in [5.74, 6) is -0.774. The third-order valence-corrected chi connectivity index (χ3v) is 2.95. The van der Waals surface area contributed by atoms with Gasteiger partial charge in [0.25, 0.3) is 5.91 Å². The van der Waals surface area contributed by atoms with Crippen LogP contribution in [0.15, 0.2) is 53.1 Å². The summed E-state index contributed by atoms with van der Waals surface area (Å²) in [5, 5.41) is 6.95. The van der Waals surface area contributed by atoms with Crippen LogP contribution in [0.1, 0.15) is 16.1 Å². The van der Waals surface area contributed by atoms with Crippen LogP contribution in [0.25, 0.3) is 11.0 Å². The van der Waals surface area contributed by atoms with Crippen molar-refractivity contribution in [2.75, 3.05) is 0 Å². The quantitative estimate of drug-likeness (QED) is 0.796. The Morgan fingerprint density at radius 3 is 2.80 bits per heavy atom. The van der Waals surface area contributed by atoms with Gasteiger partial charge in [-0.25, -0.2) is 4.39 Å². The second-order valence-corrected chi connectivity index (χ2v) is 4.34. The lowest BCUT2D eigenvalue weighted by Crippen LogP contribution is -2.23. The summed E-state index contributed by atoms with van der Waals surface area (Å²) in [6.07, 6.45) is 0. The van der Waals surface area contributed by atoms with E-state index in [9.17, 15) is 9.18 Å². The van der Waals surface area contributed by atoms with Crippen LogP contribution in [-0.4, -0.2) is 11.1 Å². The normalized spacial score (nSPS) is 10.7. The Balaban J connectivity index is 1.79. The smallest absolute Gasteiger partial charge is 0.274 e. The van der Waals surface area contributed by atoms with Crippen LogP contribution >= 0.6 is 0 Å². The molecule has 0 spiro atoms.